The molecule has 2 heteroatoms. The number of aromatic nitrogens is 1. The Labute approximate surface area is 135 Å². The van der Waals surface area contributed by atoms with E-state index in [1.807, 2.05) is 18.2 Å². The van der Waals surface area contributed by atoms with Gasteiger partial charge in [-0.3, -0.25) is 0 Å². The van der Waals surface area contributed by atoms with Crippen LogP contribution in [-0.4, -0.2) is 12.1 Å². The van der Waals surface area contributed by atoms with Crippen molar-refractivity contribution < 1.29 is 4.74 Å². The fourth-order valence-corrected chi connectivity index (χ4v) is 3.04. The Morgan fingerprint density at radius 3 is 2.30 bits per heavy atom. The summed E-state index contributed by atoms with van der Waals surface area (Å²) in [5.74, 6) is 0.861. The summed E-state index contributed by atoms with van der Waals surface area (Å²) in [5.41, 5.74) is 5.83. The third kappa shape index (κ3) is 2.38. The average Bonchev–Trinajstić information content (AvgIpc) is 3.02. The molecule has 0 atom stereocenters. The number of ether oxygens (including phenoxy) is 1. The molecule has 0 aliphatic rings. The van der Waals surface area contributed by atoms with E-state index in [2.05, 4.69) is 65.6 Å². The van der Waals surface area contributed by atoms with E-state index < -0.39 is 0 Å². The first-order chi connectivity index (χ1) is 11.4. The van der Waals surface area contributed by atoms with Crippen LogP contribution in [0.1, 0.15) is 0 Å². The van der Waals surface area contributed by atoms with Crippen molar-refractivity contribution in [3.05, 3.63) is 78.9 Å². The normalized spacial score (nSPS) is 10.8. The smallest absolute Gasteiger partial charge is 0.119 e. The number of H-pyrrole nitrogens is 1. The summed E-state index contributed by atoms with van der Waals surface area (Å²) in [6.45, 7) is 0. The summed E-state index contributed by atoms with van der Waals surface area (Å²) in [5, 5.41) is 1.23. The van der Waals surface area contributed by atoms with Crippen LogP contribution in [0.2, 0.25) is 0 Å². The van der Waals surface area contributed by atoms with Gasteiger partial charge < -0.3 is 9.72 Å². The Morgan fingerprint density at radius 1 is 0.739 bits per heavy atom. The molecule has 2 nitrogen and oxygen atoms in total. The molecule has 1 heterocycles. The van der Waals surface area contributed by atoms with Crippen molar-refractivity contribution in [2.45, 2.75) is 0 Å². The highest BCUT2D eigenvalue weighted by Gasteiger charge is 2.14. The van der Waals surface area contributed by atoms with Crippen molar-refractivity contribution in [1.82, 2.24) is 4.98 Å². The maximum Gasteiger partial charge on any atom is 0.119 e. The zero-order chi connectivity index (χ0) is 15.6. The Kier molecular flexibility index (Phi) is 3.35. The number of nitrogens with one attached hydrogen (secondary N) is 1. The summed E-state index contributed by atoms with van der Waals surface area (Å²) in [7, 11) is 1.70. The van der Waals surface area contributed by atoms with E-state index in [0.717, 1.165) is 22.5 Å². The fourth-order valence-electron chi connectivity index (χ4n) is 3.04. The van der Waals surface area contributed by atoms with E-state index in [1.165, 1.54) is 16.5 Å². The molecule has 0 aliphatic carbocycles. The molecule has 4 aromatic rings. The van der Waals surface area contributed by atoms with Crippen LogP contribution in [0.25, 0.3) is 33.3 Å². The highest BCUT2D eigenvalue weighted by molar-refractivity contribution is 6.03. The lowest BCUT2D eigenvalue weighted by Crippen LogP contribution is -1.86. The Balaban J connectivity index is 2.02. The summed E-state index contributed by atoms with van der Waals surface area (Å²) in [6, 6.07) is 27.1. The van der Waals surface area contributed by atoms with Crippen LogP contribution in [0.15, 0.2) is 78.9 Å². The predicted octanol–water partition coefficient (Wildman–Crippen LogP) is 5.51. The van der Waals surface area contributed by atoms with Gasteiger partial charge in [0, 0.05) is 22.0 Å². The van der Waals surface area contributed by atoms with Crippen molar-refractivity contribution in [3.8, 4) is 28.1 Å². The lowest BCUT2D eigenvalue weighted by Gasteiger charge is -2.07. The lowest BCUT2D eigenvalue weighted by molar-refractivity contribution is 0.415. The molecular formula is C21H17NO. The van der Waals surface area contributed by atoms with Crippen LogP contribution in [-0.2, 0) is 0 Å². The predicted molar refractivity (Wildman–Crippen MR) is 95.7 cm³/mol. The van der Waals surface area contributed by atoms with Crippen molar-refractivity contribution in [1.29, 1.82) is 0 Å². The first kappa shape index (κ1) is 13.6. The minimum atomic E-state index is 0.861. The van der Waals surface area contributed by atoms with Crippen LogP contribution >= 0.6 is 0 Å². The Hall–Kier alpha value is -3.00. The second-order valence-corrected chi connectivity index (χ2v) is 5.52. The highest BCUT2D eigenvalue weighted by atomic mass is 16.5. The van der Waals surface area contributed by atoms with Gasteiger partial charge in [0.1, 0.15) is 5.75 Å². The molecule has 0 spiro atoms. The summed E-state index contributed by atoms with van der Waals surface area (Å²) < 4.78 is 5.38. The number of hydrogen-bond donors (Lipinski definition) is 1. The van der Waals surface area contributed by atoms with E-state index in [4.69, 9.17) is 4.74 Å². The number of para-hydroxylation sites is 1. The van der Waals surface area contributed by atoms with Crippen LogP contribution in [0, 0.1) is 0 Å². The van der Waals surface area contributed by atoms with Gasteiger partial charge in [-0.1, -0.05) is 60.7 Å². The standard InChI is InChI=1S/C21H17NO/c1-23-17-11-7-10-16(14-17)21-20(15-8-3-2-4-9-15)18-12-5-6-13-19(18)22-21/h2-14,22H,1H3. The van der Waals surface area contributed by atoms with Crippen molar-refractivity contribution >= 4 is 10.9 Å². The van der Waals surface area contributed by atoms with Crippen molar-refractivity contribution in [2.75, 3.05) is 7.11 Å². The molecular weight excluding hydrogens is 282 g/mol. The van der Waals surface area contributed by atoms with Gasteiger partial charge in [-0.25, -0.2) is 0 Å². The first-order valence-corrected chi connectivity index (χ1v) is 7.67. The third-order valence-corrected chi connectivity index (χ3v) is 4.13. The van der Waals surface area contributed by atoms with E-state index in [9.17, 15) is 0 Å². The molecule has 0 saturated heterocycles. The van der Waals surface area contributed by atoms with Gasteiger partial charge >= 0.3 is 0 Å². The van der Waals surface area contributed by atoms with Crippen LogP contribution in [0.3, 0.4) is 0 Å². The largest absolute Gasteiger partial charge is 0.497 e. The SMILES string of the molecule is COc1cccc(-c2[nH]c3ccccc3c2-c2ccccc2)c1. The maximum absolute atomic E-state index is 5.38. The van der Waals surface area contributed by atoms with Crippen molar-refractivity contribution in [3.63, 3.8) is 0 Å². The van der Waals surface area contributed by atoms with Gasteiger partial charge in [-0.05, 0) is 23.8 Å². The third-order valence-electron chi connectivity index (χ3n) is 4.13. The first-order valence-electron chi connectivity index (χ1n) is 7.67. The number of fused-ring (bicyclic) bond motifs is 1. The molecule has 0 radical (unpaired) electrons. The number of methoxy groups -OCH3 is 1. The highest BCUT2D eigenvalue weighted by Crippen LogP contribution is 2.38. The molecule has 4 rings (SSSR count). The second-order valence-electron chi connectivity index (χ2n) is 5.52. The fraction of sp³-hybridized carbons (Fsp3) is 0.0476. The van der Waals surface area contributed by atoms with Crippen LogP contribution in [0.5, 0.6) is 5.75 Å². The van der Waals surface area contributed by atoms with Crippen molar-refractivity contribution in [2.24, 2.45) is 0 Å². The van der Waals surface area contributed by atoms with E-state index in [1.54, 1.807) is 7.11 Å². The molecule has 0 aliphatic heterocycles. The lowest BCUT2D eigenvalue weighted by atomic mass is 9.98. The number of rotatable bonds is 3. The minimum absolute atomic E-state index is 0.861. The number of benzene rings is 3. The summed E-state index contributed by atoms with van der Waals surface area (Å²) >= 11 is 0. The van der Waals surface area contributed by atoms with Gasteiger partial charge in [0.15, 0.2) is 0 Å². The molecule has 0 fully saturated rings. The summed E-state index contributed by atoms with van der Waals surface area (Å²) in [6.07, 6.45) is 0. The molecule has 0 amide bonds. The zero-order valence-corrected chi connectivity index (χ0v) is 12.9. The minimum Gasteiger partial charge on any atom is -0.497 e. The van der Waals surface area contributed by atoms with Gasteiger partial charge in [0.25, 0.3) is 0 Å². The molecule has 0 bridgehead atoms. The van der Waals surface area contributed by atoms with E-state index >= 15 is 0 Å². The molecule has 112 valence electrons. The molecule has 3 aromatic carbocycles. The maximum atomic E-state index is 5.38. The van der Waals surface area contributed by atoms with Gasteiger partial charge in [0.2, 0.25) is 0 Å². The van der Waals surface area contributed by atoms with Crippen LogP contribution in [0.4, 0.5) is 0 Å². The van der Waals surface area contributed by atoms with Gasteiger partial charge in [-0.2, -0.15) is 0 Å². The molecule has 1 N–H and O–H groups in total. The molecule has 0 saturated carbocycles. The Morgan fingerprint density at radius 2 is 1.48 bits per heavy atom. The molecule has 23 heavy (non-hydrogen) atoms. The topological polar surface area (TPSA) is 25.0 Å². The average molecular weight is 299 g/mol. The Bertz CT molecular complexity index is 954. The summed E-state index contributed by atoms with van der Waals surface area (Å²) in [4.78, 5) is 3.57. The quantitative estimate of drug-likeness (QED) is 0.530. The van der Waals surface area contributed by atoms with Gasteiger partial charge in [-0.15, -0.1) is 0 Å². The second kappa shape index (κ2) is 5.65. The van der Waals surface area contributed by atoms with Gasteiger partial charge in [0.05, 0.1) is 12.8 Å². The number of hydrogen-bond acceptors (Lipinski definition) is 1. The monoisotopic (exact) mass is 299 g/mol. The van der Waals surface area contributed by atoms with E-state index in [-0.39, 0.29) is 0 Å². The number of aromatic amines is 1. The molecule has 1 aromatic heterocycles. The molecule has 0 unspecified atom stereocenters. The van der Waals surface area contributed by atoms with Crippen LogP contribution < -0.4 is 4.74 Å². The van der Waals surface area contributed by atoms with E-state index in [0.29, 0.717) is 0 Å². The zero-order valence-electron chi connectivity index (χ0n) is 12.9.